The van der Waals surface area contributed by atoms with Gasteiger partial charge in [0.2, 0.25) is 5.91 Å². The first-order valence-electron chi connectivity index (χ1n) is 11.9. The summed E-state index contributed by atoms with van der Waals surface area (Å²) in [5.41, 5.74) is 4.58. The van der Waals surface area contributed by atoms with Gasteiger partial charge in [-0.05, 0) is 47.9 Å². The third-order valence-electron chi connectivity index (χ3n) is 6.85. The molecule has 2 atom stereocenters. The molecule has 7 heteroatoms. The van der Waals surface area contributed by atoms with Gasteiger partial charge in [-0.3, -0.25) is 4.79 Å². The number of hydrogen-bond donors (Lipinski definition) is 2. The van der Waals surface area contributed by atoms with Gasteiger partial charge in [0.1, 0.15) is 12.6 Å². The second-order valence-corrected chi connectivity index (χ2v) is 9.57. The van der Waals surface area contributed by atoms with Crippen molar-refractivity contribution >= 4 is 18.0 Å². The zero-order valence-electron chi connectivity index (χ0n) is 19.9. The predicted octanol–water partition coefficient (Wildman–Crippen LogP) is 4.40. The van der Waals surface area contributed by atoms with Crippen LogP contribution < -0.4 is 5.32 Å². The molecule has 2 aliphatic rings. The van der Waals surface area contributed by atoms with Crippen molar-refractivity contribution in [2.45, 2.75) is 64.1 Å². The number of amides is 2. The smallest absolute Gasteiger partial charge is 0.407 e. The Morgan fingerprint density at radius 2 is 1.56 bits per heavy atom. The van der Waals surface area contributed by atoms with Gasteiger partial charge in [-0.25, -0.2) is 9.59 Å². The molecule has 2 N–H and O–H groups in total. The molecule has 0 bridgehead atoms. The van der Waals surface area contributed by atoms with E-state index in [9.17, 15) is 19.5 Å². The summed E-state index contributed by atoms with van der Waals surface area (Å²) in [5.74, 6) is -1.34. The molecule has 180 valence electrons. The summed E-state index contributed by atoms with van der Waals surface area (Å²) in [7, 11) is 0. The Kier molecular flexibility index (Phi) is 6.91. The maximum Gasteiger partial charge on any atom is 0.407 e. The fraction of sp³-hybridized carbons (Fsp3) is 0.444. The minimum absolute atomic E-state index is 0.0226. The monoisotopic (exact) mass is 464 g/mol. The number of hydrogen-bond acceptors (Lipinski definition) is 4. The predicted molar refractivity (Wildman–Crippen MR) is 128 cm³/mol. The maximum absolute atomic E-state index is 13.0. The summed E-state index contributed by atoms with van der Waals surface area (Å²) in [4.78, 5) is 38.6. The number of carboxylic acids is 1. The number of carboxylic acid groups (broad SMARTS) is 1. The second kappa shape index (κ2) is 9.87. The lowest BCUT2D eigenvalue weighted by Crippen LogP contribution is -2.48. The summed E-state index contributed by atoms with van der Waals surface area (Å²) in [5, 5.41) is 12.2. The fourth-order valence-electron chi connectivity index (χ4n) is 4.75. The molecular weight excluding hydrogens is 432 g/mol. The van der Waals surface area contributed by atoms with Crippen LogP contribution in [0.4, 0.5) is 4.79 Å². The number of nitrogens with one attached hydrogen (secondary N) is 1. The number of alkyl carbamates (subject to hydrolysis) is 1. The summed E-state index contributed by atoms with van der Waals surface area (Å²) in [6, 6.07) is 14.9. The van der Waals surface area contributed by atoms with Crippen LogP contribution in [0.15, 0.2) is 48.5 Å². The minimum atomic E-state index is -1.02. The third kappa shape index (κ3) is 4.93. The summed E-state index contributed by atoms with van der Waals surface area (Å²) < 4.78 is 5.64. The van der Waals surface area contributed by atoms with Gasteiger partial charge < -0.3 is 20.1 Å². The number of benzene rings is 2. The molecule has 0 heterocycles. The first-order chi connectivity index (χ1) is 16.3. The van der Waals surface area contributed by atoms with Crippen LogP contribution in [0.3, 0.4) is 0 Å². The van der Waals surface area contributed by atoms with Crippen molar-refractivity contribution in [2.75, 3.05) is 6.61 Å². The van der Waals surface area contributed by atoms with E-state index in [0.717, 1.165) is 35.1 Å². The van der Waals surface area contributed by atoms with Crippen LogP contribution in [0, 0.1) is 5.92 Å². The van der Waals surface area contributed by atoms with Crippen LogP contribution in [-0.4, -0.2) is 52.7 Å². The number of carbonyl (C=O) groups is 3. The highest BCUT2D eigenvalue weighted by Crippen LogP contribution is 2.44. The Morgan fingerprint density at radius 1 is 1.00 bits per heavy atom. The average Bonchev–Trinajstić information content (AvgIpc) is 3.59. The normalized spacial score (nSPS) is 16.4. The number of aliphatic carboxylic acids is 1. The molecule has 0 spiro atoms. The van der Waals surface area contributed by atoms with Crippen LogP contribution >= 0.6 is 0 Å². The summed E-state index contributed by atoms with van der Waals surface area (Å²) in [6.07, 6.45) is 1.10. The van der Waals surface area contributed by atoms with E-state index in [1.54, 1.807) is 0 Å². The van der Waals surface area contributed by atoms with Crippen LogP contribution in [0.2, 0.25) is 0 Å². The molecule has 1 unspecified atom stereocenters. The van der Waals surface area contributed by atoms with Crippen molar-refractivity contribution in [2.24, 2.45) is 5.92 Å². The molecule has 0 saturated heterocycles. The van der Waals surface area contributed by atoms with Gasteiger partial charge >= 0.3 is 12.1 Å². The lowest BCUT2D eigenvalue weighted by atomic mass is 9.98. The first-order valence-corrected chi connectivity index (χ1v) is 11.9. The molecule has 0 aliphatic heterocycles. The molecule has 1 saturated carbocycles. The van der Waals surface area contributed by atoms with Gasteiger partial charge in [-0.15, -0.1) is 0 Å². The molecule has 7 nitrogen and oxygen atoms in total. The van der Waals surface area contributed by atoms with Crippen molar-refractivity contribution in [1.82, 2.24) is 10.2 Å². The third-order valence-corrected chi connectivity index (χ3v) is 6.85. The maximum atomic E-state index is 13.0. The van der Waals surface area contributed by atoms with Crippen LogP contribution in [0.25, 0.3) is 11.1 Å². The Balaban J connectivity index is 1.39. The number of ether oxygens (including phenoxy) is 1. The lowest BCUT2D eigenvalue weighted by molar-refractivity contribution is -0.150. The number of nitrogens with zero attached hydrogens (tertiary/aromatic N) is 1. The molecule has 0 aromatic heterocycles. The van der Waals surface area contributed by atoms with Gasteiger partial charge in [-0.2, -0.15) is 0 Å². The summed E-state index contributed by atoms with van der Waals surface area (Å²) in [6.45, 7) is 5.57. The first kappa shape index (κ1) is 23.8. The second-order valence-electron chi connectivity index (χ2n) is 9.57. The quantitative estimate of drug-likeness (QED) is 0.573. The Labute approximate surface area is 200 Å². The van der Waals surface area contributed by atoms with Crippen molar-refractivity contribution in [3.63, 3.8) is 0 Å². The molecule has 1 fully saturated rings. The molecule has 34 heavy (non-hydrogen) atoms. The van der Waals surface area contributed by atoms with E-state index >= 15 is 0 Å². The summed E-state index contributed by atoms with van der Waals surface area (Å²) >= 11 is 0. The molecule has 2 aliphatic carbocycles. The zero-order valence-corrected chi connectivity index (χ0v) is 19.9. The van der Waals surface area contributed by atoms with Crippen LogP contribution in [0.1, 0.15) is 57.1 Å². The standard InChI is InChI=1S/C27H32N2O5/c1-16(2)24(14-25(30)29(18-12-13-18)17(3)26(31)32)28-27(33)34-15-23-21-10-6-4-8-19(21)20-9-5-7-11-22(20)23/h4-11,16-18,23-24H,12-15H2,1-3H3,(H,28,33)(H,31,32)/t17?,24-/m1/s1. The zero-order chi connectivity index (χ0) is 24.4. The van der Waals surface area contributed by atoms with Crippen LogP contribution in [0.5, 0.6) is 0 Å². The Morgan fingerprint density at radius 3 is 2.06 bits per heavy atom. The highest BCUT2D eigenvalue weighted by atomic mass is 16.5. The van der Waals surface area contributed by atoms with Crippen molar-refractivity contribution in [3.05, 3.63) is 59.7 Å². The average molecular weight is 465 g/mol. The molecule has 2 aromatic rings. The minimum Gasteiger partial charge on any atom is -0.480 e. The number of rotatable bonds is 9. The van der Waals surface area contributed by atoms with Gasteiger partial charge in [-0.1, -0.05) is 62.4 Å². The molecule has 2 amide bonds. The molecule has 4 rings (SSSR count). The van der Waals surface area contributed by atoms with E-state index in [0.29, 0.717) is 0 Å². The molecule has 0 radical (unpaired) electrons. The van der Waals surface area contributed by atoms with Gasteiger partial charge in [0.05, 0.1) is 0 Å². The van der Waals surface area contributed by atoms with Crippen LogP contribution in [-0.2, 0) is 14.3 Å². The largest absolute Gasteiger partial charge is 0.480 e. The van der Waals surface area contributed by atoms with E-state index in [1.807, 2.05) is 38.1 Å². The highest BCUT2D eigenvalue weighted by Gasteiger charge is 2.39. The van der Waals surface area contributed by atoms with E-state index in [-0.39, 0.29) is 36.8 Å². The van der Waals surface area contributed by atoms with Gasteiger partial charge in [0.15, 0.2) is 0 Å². The Hall–Kier alpha value is -3.35. The number of carbonyl (C=O) groups excluding carboxylic acids is 2. The Bertz CT molecular complexity index is 1030. The topological polar surface area (TPSA) is 95.9 Å². The SMILES string of the molecule is CC(C)[C@@H](CC(=O)N(C1CC1)C(C)C(=O)O)NC(=O)OCC1c2ccccc2-c2ccccc21. The van der Waals surface area contributed by atoms with Gasteiger partial charge in [0, 0.05) is 24.4 Å². The van der Waals surface area contributed by atoms with Crippen molar-refractivity contribution in [1.29, 1.82) is 0 Å². The van der Waals surface area contributed by atoms with E-state index in [4.69, 9.17) is 4.74 Å². The van der Waals surface area contributed by atoms with Crippen molar-refractivity contribution in [3.8, 4) is 11.1 Å². The lowest BCUT2D eigenvalue weighted by Gasteiger charge is -2.30. The molecular formula is C27H32N2O5. The molecule has 2 aromatic carbocycles. The van der Waals surface area contributed by atoms with Crippen molar-refractivity contribution < 1.29 is 24.2 Å². The van der Waals surface area contributed by atoms with E-state index in [2.05, 4.69) is 29.6 Å². The number of fused-ring (bicyclic) bond motifs is 3. The highest BCUT2D eigenvalue weighted by molar-refractivity contribution is 5.85. The van der Waals surface area contributed by atoms with Gasteiger partial charge in [0.25, 0.3) is 0 Å². The van der Waals surface area contributed by atoms with E-state index in [1.165, 1.54) is 11.8 Å². The fourth-order valence-corrected chi connectivity index (χ4v) is 4.75. The van der Waals surface area contributed by atoms with E-state index < -0.39 is 24.1 Å².